The molecule has 2 atom stereocenters. The number of rotatable bonds is 5. The second kappa shape index (κ2) is 5.82. The van der Waals surface area contributed by atoms with Crippen molar-refractivity contribution in [2.75, 3.05) is 6.54 Å². The van der Waals surface area contributed by atoms with E-state index >= 15 is 0 Å². The normalized spacial score (nSPS) is 20.0. The van der Waals surface area contributed by atoms with Gasteiger partial charge in [0, 0.05) is 0 Å². The molecule has 2 unspecified atom stereocenters. The van der Waals surface area contributed by atoms with E-state index in [2.05, 4.69) is 31.7 Å². The fourth-order valence-corrected chi connectivity index (χ4v) is 1.85. The van der Waals surface area contributed by atoms with Crippen LogP contribution in [0.25, 0.3) is 0 Å². The third-order valence-corrected chi connectivity index (χ3v) is 2.84. The Kier molecular flexibility index (Phi) is 4.68. The maximum absolute atomic E-state index is 5.80. The Hall–Kier alpha value is -0.820. The molecule has 0 aromatic rings. The van der Waals surface area contributed by atoms with E-state index in [0.29, 0.717) is 11.8 Å². The summed E-state index contributed by atoms with van der Waals surface area (Å²) in [5.74, 6) is 1.07. The van der Waals surface area contributed by atoms with Gasteiger partial charge in [-0.15, -0.1) is 6.58 Å². The summed E-state index contributed by atoms with van der Waals surface area (Å²) >= 11 is 0. The molecule has 1 nitrogen and oxygen atoms in total. The van der Waals surface area contributed by atoms with Crippen molar-refractivity contribution in [1.29, 1.82) is 0 Å². The van der Waals surface area contributed by atoms with Crippen molar-refractivity contribution in [3.63, 3.8) is 0 Å². The standard InChI is InChI=1S/C13H21N/c1-3-11(2)9-13(10-14)12-7-5-4-6-8-12/h3,5,7-8,11,13H,1,4,6,9-10,14H2,2H3. The molecule has 0 bridgehead atoms. The van der Waals surface area contributed by atoms with Crippen LogP contribution >= 0.6 is 0 Å². The molecule has 1 rings (SSSR count). The summed E-state index contributed by atoms with van der Waals surface area (Å²) in [6.45, 7) is 6.76. The van der Waals surface area contributed by atoms with Gasteiger partial charge in [-0.3, -0.25) is 0 Å². The minimum atomic E-state index is 0.513. The lowest BCUT2D eigenvalue weighted by Crippen LogP contribution is -2.18. The van der Waals surface area contributed by atoms with Crippen molar-refractivity contribution >= 4 is 0 Å². The number of allylic oxidation sites excluding steroid dienone is 4. The Morgan fingerprint density at radius 1 is 1.57 bits per heavy atom. The average molecular weight is 191 g/mol. The molecule has 0 aromatic heterocycles. The predicted molar refractivity (Wildman–Crippen MR) is 63.0 cm³/mol. The number of nitrogens with two attached hydrogens (primary N) is 1. The van der Waals surface area contributed by atoms with Gasteiger partial charge in [-0.2, -0.15) is 0 Å². The molecule has 0 aliphatic heterocycles. The van der Waals surface area contributed by atoms with Gasteiger partial charge in [0.2, 0.25) is 0 Å². The highest BCUT2D eigenvalue weighted by molar-refractivity contribution is 5.25. The molecular formula is C13H21N. The Labute approximate surface area is 87.4 Å². The van der Waals surface area contributed by atoms with Gasteiger partial charge in [0.05, 0.1) is 0 Å². The molecule has 0 heterocycles. The van der Waals surface area contributed by atoms with Crippen LogP contribution < -0.4 is 5.73 Å². The monoisotopic (exact) mass is 191 g/mol. The minimum absolute atomic E-state index is 0.513. The second-order valence-electron chi connectivity index (χ2n) is 4.07. The van der Waals surface area contributed by atoms with Gasteiger partial charge in [-0.25, -0.2) is 0 Å². The van der Waals surface area contributed by atoms with Crippen LogP contribution in [0, 0.1) is 11.8 Å². The zero-order chi connectivity index (χ0) is 10.4. The largest absolute Gasteiger partial charge is 0.330 e. The maximum atomic E-state index is 5.80. The van der Waals surface area contributed by atoms with E-state index in [4.69, 9.17) is 5.73 Å². The molecule has 0 saturated heterocycles. The summed E-state index contributed by atoms with van der Waals surface area (Å²) in [6.07, 6.45) is 12.3. The highest BCUT2D eigenvalue weighted by Gasteiger charge is 2.13. The second-order valence-corrected chi connectivity index (χ2v) is 4.07. The Balaban J connectivity index is 2.56. The van der Waals surface area contributed by atoms with Gasteiger partial charge in [0.25, 0.3) is 0 Å². The maximum Gasteiger partial charge on any atom is -0.000814 e. The van der Waals surface area contributed by atoms with Gasteiger partial charge in [0.15, 0.2) is 0 Å². The Morgan fingerprint density at radius 2 is 2.36 bits per heavy atom. The smallest absolute Gasteiger partial charge is 0.000814 e. The molecule has 1 aliphatic rings. The third-order valence-electron chi connectivity index (χ3n) is 2.84. The molecule has 14 heavy (non-hydrogen) atoms. The van der Waals surface area contributed by atoms with Crippen LogP contribution in [0.4, 0.5) is 0 Å². The summed E-state index contributed by atoms with van der Waals surface area (Å²) in [4.78, 5) is 0. The lowest BCUT2D eigenvalue weighted by molar-refractivity contribution is 0.501. The zero-order valence-corrected chi connectivity index (χ0v) is 9.08. The van der Waals surface area contributed by atoms with Crippen molar-refractivity contribution in [1.82, 2.24) is 0 Å². The first-order valence-corrected chi connectivity index (χ1v) is 5.47. The summed E-state index contributed by atoms with van der Waals surface area (Å²) < 4.78 is 0. The molecule has 0 fully saturated rings. The van der Waals surface area contributed by atoms with E-state index in [1.807, 2.05) is 6.08 Å². The number of hydrogen-bond acceptors (Lipinski definition) is 1. The van der Waals surface area contributed by atoms with Crippen LogP contribution in [0.5, 0.6) is 0 Å². The highest BCUT2D eigenvalue weighted by Crippen LogP contribution is 2.24. The van der Waals surface area contributed by atoms with E-state index in [1.165, 1.54) is 18.4 Å². The Morgan fingerprint density at radius 3 is 2.86 bits per heavy atom. The summed E-state index contributed by atoms with van der Waals surface area (Å²) in [5.41, 5.74) is 7.22. The van der Waals surface area contributed by atoms with E-state index in [-0.39, 0.29) is 0 Å². The van der Waals surface area contributed by atoms with Crippen molar-refractivity contribution in [2.45, 2.75) is 26.2 Å². The average Bonchev–Trinajstić information content (AvgIpc) is 2.26. The van der Waals surface area contributed by atoms with Crippen molar-refractivity contribution in [2.24, 2.45) is 17.6 Å². The van der Waals surface area contributed by atoms with E-state index in [9.17, 15) is 0 Å². The highest BCUT2D eigenvalue weighted by atomic mass is 14.5. The van der Waals surface area contributed by atoms with Crippen LogP contribution in [0.1, 0.15) is 26.2 Å². The van der Waals surface area contributed by atoms with Gasteiger partial charge >= 0.3 is 0 Å². The lowest BCUT2D eigenvalue weighted by atomic mass is 9.87. The predicted octanol–water partition coefficient (Wildman–Crippen LogP) is 3.05. The van der Waals surface area contributed by atoms with Crippen LogP contribution in [-0.2, 0) is 0 Å². The van der Waals surface area contributed by atoms with Gasteiger partial charge in [-0.05, 0) is 43.2 Å². The third kappa shape index (κ3) is 3.15. The molecule has 0 saturated carbocycles. The lowest BCUT2D eigenvalue weighted by Gasteiger charge is -2.20. The summed E-state index contributed by atoms with van der Waals surface area (Å²) in [6, 6.07) is 0. The first kappa shape index (κ1) is 11.3. The van der Waals surface area contributed by atoms with Crippen LogP contribution in [0.2, 0.25) is 0 Å². The topological polar surface area (TPSA) is 26.0 Å². The quantitative estimate of drug-likeness (QED) is 0.664. The molecule has 0 spiro atoms. The number of hydrogen-bond donors (Lipinski definition) is 1. The molecule has 1 heteroatoms. The van der Waals surface area contributed by atoms with Crippen molar-refractivity contribution in [3.05, 3.63) is 36.5 Å². The van der Waals surface area contributed by atoms with Crippen LogP contribution in [-0.4, -0.2) is 6.54 Å². The Bertz CT molecular complexity index is 238. The first-order valence-electron chi connectivity index (χ1n) is 5.47. The van der Waals surface area contributed by atoms with Gasteiger partial charge in [0.1, 0.15) is 0 Å². The molecule has 2 N–H and O–H groups in total. The van der Waals surface area contributed by atoms with Crippen molar-refractivity contribution < 1.29 is 0 Å². The molecule has 0 radical (unpaired) electrons. The fraction of sp³-hybridized carbons (Fsp3) is 0.538. The van der Waals surface area contributed by atoms with E-state index < -0.39 is 0 Å². The molecule has 1 aliphatic carbocycles. The van der Waals surface area contributed by atoms with Crippen LogP contribution in [0.3, 0.4) is 0 Å². The summed E-state index contributed by atoms with van der Waals surface area (Å²) in [5, 5.41) is 0. The summed E-state index contributed by atoms with van der Waals surface area (Å²) in [7, 11) is 0. The SMILES string of the molecule is C=CC(C)CC(CN)C1=CCCC=C1. The van der Waals surface area contributed by atoms with Crippen LogP contribution in [0.15, 0.2) is 36.5 Å². The minimum Gasteiger partial charge on any atom is -0.330 e. The van der Waals surface area contributed by atoms with Gasteiger partial charge < -0.3 is 5.73 Å². The molecule has 0 aromatic carbocycles. The zero-order valence-electron chi connectivity index (χ0n) is 9.08. The van der Waals surface area contributed by atoms with Gasteiger partial charge in [-0.1, -0.05) is 31.2 Å². The van der Waals surface area contributed by atoms with E-state index in [1.54, 1.807) is 0 Å². The molecule has 78 valence electrons. The van der Waals surface area contributed by atoms with E-state index in [0.717, 1.165) is 13.0 Å². The fourth-order valence-electron chi connectivity index (χ4n) is 1.85. The van der Waals surface area contributed by atoms with Crippen molar-refractivity contribution in [3.8, 4) is 0 Å². The first-order chi connectivity index (χ1) is 6.77. The molecule has 0 amide bonds. The molecular weight excluding hydrogens is 170 g/mol.